The first-order valence-electron chi connectivity index (χ1n) is 18.3. The summed E-state index contributed by atoms with van der Waals surface area (Å²) >= 11 is 0. The minimum atomic E-state index is -0.426. The molecule has 2 aliphatic carbocycles. The largest absolute Gasteiger partial charge is 0.0639 e. The normalized spacial score (nSPS) is 15.1. The van der Waals surface area contributed by atoms with Crippen molar-refractivity contribution in [1.29, 1.82) is 0 Å². The molecule has 0 heteroatoms. The molecule has 7 aromatic carbocycles. The number of hydrogen-bond donors (Lipinski definition) is 0. The molecule has 0 N–H and O–H groups in total. The van der Waals surface area contributed by atoms with Crippen molar-refractivity contribution in [3.8, 4) is 22.3 Å². The third kappa shape index (κ3) is 4.58. The van der Waals surface area contributed by atoms with Gasteiger partial charge in [-0.15, -0.1) is 0 Å². The maximum Gasteiger partial charge on any atom is 0.0418 e. The third-order valence-electron chi connectivity index (χ3n) is 11.7. The maximum absolute atomic E-state index is 2.54. The summed E-state index contributed by atoms with van der Waals surface area (Å²) in [5.41, 5.74) is 17.5. The second kappa shape index (κ2) is 12.1. The van der Waals surface area contributed by atoms with Crippen molar-refractivity contribution in [2.45, 2.75) is 50.9 Å². The fourth-order valence-corrected chi connectivity index (χ4v) is 9.50. The summed E-state index contributed by atoms with van der Waals surface area (Å²) in [6.45, 7) is 6.94. The van der Waals surface area contributed by atoms with Crippen LogP contribution in [0.1, 0.15) is 77.1 Å². The topological polar surface area (TPSA) is 0 Å². The van der Waals surface area contributed by atoms with Crippen molar-refractivity contribution in [1.82, 2.24) is 0 Å². The van der Waals surface area contributed by atoms with Gasteiger partial charge in [0.1, 0.15) is 0 Å². The third-order valence-corrected chi connectivity index (χ3v) is 11.7. The van der Waals surface area contributed by atoms with E-state index in [0.29, 0.717) is 0 Å². The first kappa shape index (κ1) is 30.6. The molecule has 9 rings (SSSR count). The van der Waals surface area contributed by atoms with Crippen molar-refractivity contribution >= 4 is 16.8 Å². The summed E-state index contributed by atoms with van der Waals surface area (Å²) in [6.07, 6.45) is 4.49. The zero-order valence-corrected chi connectivity index (χ0v) is 29.2. The molecular weight excluding hydrogens is 601 g/mol. The van der Waals surface area contributed by atoms with Crippen LogP contribution in [0.5, 0.6) is 0 Å². The monoisotopic (exact) mass is 642 g/mol. The lowest BCUT2D eigenvalue weighted by Crippen LogP contribution is -2.41. The Morgan fingerprint density at radius 3 is 1.68 bits per heavy atom. The molecule has 0 saturated carbocycles. The van der Waals surface area contributed by atoms with Crippen molar-refractivity contribution in [3.05, 3.63) is 208 Å². The van der Waals surface area contributed by atoms with E-state index in [9.17, 15) is 0 Å². The summed E-state index contributed by atoms with van der Waals surface area (Å²) < 4.78 is 0. The van der Waals surface area contributed by atoms with Crippen LogP contribution in [0.4, 0.5) is 0 Å². The highest BCUT2D eigenvalue weighted by Gasteiger charge is 2.54. The standard InChI is InChI=1S/C50H42/c1-4-34-23-27-43-44-28-24-35(5-2)31-47(44)49(46(43)30-34)50(39-17-8-6-9-18-39,40-19-10-7-11-20-40)48-33(3)29-37-25-26-38(32-45(37)48)42-22-14-16-36-15-12-13-21-41(36)42/h6-32,48-49H,4-5H2,1-3H3. The Balaban J connectivity index is 1.39. The van der Waals surface area contributed by atoms with Crippen LogP contribution in [0.2, 0.25) is 0 Å². The Kier molecular flexibility index (Phi) is 7.43. The van der Waals surface area contributed by atoms with Gasteiger partial charge >= 0.3 is 0 Å². The molecule has 0 radical (unpaired) electrons. The zero-order valence-electron chi connectivity index (χ0n) is 29.2. The molecule has 50 heavy (non-hydrogen) atoms. The fraction of sp³-hybridized carbons (Fsp3) is 0.160. The van der Waals surface area contributed by atoms with Gasteiger partial charge in [0, 0.05) is 17.3 Å². The Hall–Kier alpha value is -5.46. The lowest BCUT2D eigenvalue weighted by Gasteiger charge is -2.47. The fourth-order valence-electron chi connectivity index (χ4n) is 9.50. The van der Waals surface area contributed by atoms with Crippen LogP contribution in [0.15, 0.2) is 163 Å². The Morgan fingerprint density at radius 2 is 1.06 bits per heavy atom. The Bertz CT molecular complexity index is 2310. The minimum Gasteiger partial charge on any atom is -0.0639 e. The average Bonchev–Trinajstić information content (AvgIpc) is 3.69. The van der Waals surface area contributed by atoms with Crippen LogP contribution in [-0.4, -0.2) is 0 Å². The number of fused-ring (bicyclic) bond motifs is 5. The molecule has 242 valence electrons. The van der Waals surface area contributed by atoms with E-state index in [4.69, 9.17) is 0 Å². The van der Waals surface area contributed by atoms with E-state index in [-0.39, 0.29) is 11.8 Å². The summed E-state index contributed by atoms with van der Waals surface area (Å²) in [4.78, 5) is 0. The summed E-state index contributed by atoms with van der Waals surface area (Å²) in [7, 11) is 0. The van der Waals surface area contributed by atoms with Crippen LogP contribution < -0.4 is 0 Å². The van der Waals surface area contributed by atoms with Crippen LogP contribution in [0.3, 0.4) is 0 Å². The van der Waals surface area contributed by atoms with Crippen LogP contribution in [0, 0.1) is 0 Å². The van der Waals surface area contributed by atoms with Crippen molar-refractivity contribution in [2.75, 3.05) is 0 Å². The lowest BCUT2D eigenvalue weighted by atomic mass is 9.54. The van der Waals surface area contributed by atoms with Crippen molar-refractivity contribution < 1.29 is 0 Å². The Morgan fingerprint density at radius 1 is 0.480 bits per heavy atom. The van der Waals surface area contributed by atoms with E-state index in [2.05, 4.69) is 185 Å². The predicted octanol–water partition coefficient (Wildman–Crippen LogP) is 12.9. The second-order valence-electron chi connectivity index (χ2n) is 14.3. The van der Waals surface area contributed by atoms with Gasteiger partial charge in [0.25, 0.3) is 0 Å². The number of allylic oxidation sites excluding steroid dienone is 1. The van der Waals surface area contributed by atoms with E-state index in [1.165, 1.54) is 83.1 Å². The molecule has 0 aliphatic heterocycles. The van der Waals surface area contributed by atoms with Gasteiger partial charge in [-0.1, -0.05) is 177 Å². The number of benzene rings is 7. The average molecular weight is 643 g/mol. The summed E-state index contributed by atoms with van der Waals surface area (Å²) in [6, 6.07) is 60.2. The van der Waals surface area contributed by atoms with Gasteiger partial charge in [-0.3, -0.25) is 0 Å². The van der Waals surface area contributed by atoms with Crippen molar-refractivity contribution in [2.24, 2.45) is 0 Å². The SMILES string of the molecule is CCc1ccc2c(c1)C(C(c1ccccc1)(c1ccccc1)C1C(C)=Cc3ccc(-c4cccc5ccccc45)cc31)c1cc(CC)ccc1-2. The number of rotatable bonds is 7. The zero-order chi connectivity index (χ0) is 33.8. The van der Waals surface area contributed by atoms with Gasteiger partial charge < -0.3 is 0 Å². The molecule has 0 amide bonds. The molecule has 2 aliphatic rings. The minimum absolute atomic E-state index is 0.107. The molecule has 7 aromatic rings. The van der Waals surface area contributed by atoms with Crippen LogP contribution in [0.25, 0.3) is 39.1 Å². The first-order valence-corrected chi connectivity index (χ1v) is 18.3. The molecular formula is C50H42. The van der Waals surface area contributed by atoms with Crippen molar-refractivity contribution in [3.63, 3.8) is 0 Å². The summed E-state index contributed by atoms with van der Waals surface area (Å²) in [5.74, 6) is 0.215. The maximum atomic E-state index is 2.54. The highest BCUT2D eigenvalue weighted by molar-refractivity contribution is 5.97. The Labute approximate surface area is 296 Å². The van der Waals surface area contributed by atoms with E-state index < -0.39 is 5.41 Å². The van der Waals surface area contributed by atoms with Crippen LogP contribution in [-0.2, 0) is 18.3 Å². The highest BCUT2D eigenvalue weighted by Crippen LogP contribution is 2.64. The second-order valence-corrected chi connectivity index (χ2v) is 14.3. The highest BCUT2D eigenvalue weighted by atomic mass is 14.6. The predicted molar refractivity (Wildman–Crippen MR) is 212 cm³/mol. The van der Waals surface area contributed by atoms with E-state index in [1.807, 2.05) is 0 Å². The van der Waals surface area contributed by atoms with Gasteiger partial charge in [0.05, 0.1) is 0 Å². The molecule has 1 unspecified atom stereocenters. The summed E-state index contributed by atoms with van der Waals surface area (Å²) in [5, 5.41) is 2.57. The molecule has 0 nitrogen and oxygen atoms in total. The molecule has 0 fully saturated rings. The van der Waals surface area contributed by atoms with Gasteiger partial charge in [-0.25, -0.2) is 0 Å². The van der Waals surface area contributed by atoms with Gasteiger partial charge in [-0.05, 0) is 103 Å². The number of aryl methyl sites for hydroxylation is 2. The smallest absolute Gasteiger partial charge is 0.0418 e. The molecule has 1 atom stereocenters. The molecule has 0 saturated heterocycles. The van der Waals surface area contributed by atoms with E-state index >= 15 is 0 Å². The lowest BCUT2D eigenvalue weighted by molar-refractivity contribution is 0.405. The van der Waals surface area contributed by atoms with Gasteiger partial charge in [0.2, 0.25) is 0 Å². The van der Waals surface area contributed by atoms with Gasteiger partial charge in [-0.2, -0.15) is 0 Å². The van der Waals surface area contributed by atoms with E-state index in [1.54, 1.807) is 0 Å². The molecule has 0 bridgehead atoms. The van der Waals surface area contributed by atoms with E-state index in [0.717, 1.165) is 12.8 Å². The number of hydrogen-bond acceptors (Lipinski definition) is 0. The molecule has 0 spiro atoms. The first-order chi connectivity index (χ1) is 24.6. The quantitative estimate of drug-likeness (QED) is 0.162. The van der Waals surface area contributed by atoms with Gasteiger partial charge in [0.15, 0.2) is 0 Å². The molecule has 0 aromatic heterocycles. The molecule has 0 heterocycles. The van der Waals surface area contributed by atoms with Crippen LogP contribution >= 0.6 is 0 Å².